The fourth-order valence-electron chi connectivity index (χ4n) is 1.75. The molecule has 0 bridgehead atoms. The molecule has 0 aliphatic carbocycles. The fraction of sp³-hybridized carbons (Fsp3) is 0. The summed E-state index contributed by atoms with van der Waals surface area (Å²) < 4.78 is 32.9. The van der Waals surface area contributed by atoms with E-state index in [2.05, 4.69) is 16.7 Å². The number of benzene rings is 1. The smallest absolute Gasteiger partial charge is 0.255 e. The highest BCUT2D eigenvalue weighted by molar-refractivity contribution is 6.30. The number of nitrogens with one attached hydrogen (secondary N) is 1. The molecule has 0 saturated heterocycles. The first-order valence-corrected chi connectivity index (χ1v) is 6.39. The molecule has 0 amide bonds. The summed E-state index contributed by atoms with van der Waals surface area (Å²) in [6.45, 7) is 0. The van der Waals surface area contributed by atoms with E-state index in [-0.39, 0.29) is 34.7 Å². The van der Waals surface area contributed by atoms with Gasteiger partial charge in [-0.15, -0.1) is 17.9 Å². The molecule has 1 aliphatic rings. The number of rotatable bonds is 3. The Hall–Kier alpha value is -2.13. The zero-order chi connectivity index (χ0) is 15.7. The van der Waals surface area contributed by atoms with Crippen molar-refractivity contribution in [3.8, 4) is 11.6 Å². The molecule has 1 aliphatic heterocycles. The van der Waals surface area contributed by atoms with Crippen LogP contribution in [0.15, 0.2) is 36.7 Å². The van der Waals surface area contributed by atoms with Crippen LogP contribution >= 0.6 is 24.0 Å². The van der Waals surface area contributed by atoms with Gasteiger partial charge in [0, 0.05) is 12.3 Å². The molecule has 1 aromatic carbocycles. The number of hydrogen-bond donors (Lipinski definition) is 2. The van der Waals surface area contributed by atoms with Gasteiger partial charge in [0.2, 0.25) is 0 Å². The zero-order valence-corrected chi connectivity index (χ0v) is 12.9. The minimum absolute atomic E-state index is 0. The van der Waals surface area contributed by atoms with E-state index in [1.165, 1.54) is 29.5 Å². The Balaban J connectivity index is 0.00000192. The summed E-state index contributed by atoms with van der Waals surface area (Å²) in [5.41, 5.74) is 2.80. The van der Waals surface area contributed by atoms with E-state index in [0.29, 0.717) is 0 Å². The molecule has 121 valence electrons. The Morgan fingerprint density at radius 2 is 2.04 bits per heavy atom. The maximum atomic E-state index is 14.1. The van der Waals surface area contributed by atoms with Crippen LogP contribution in [0.2, 0.25) is 5.02 Å². The third-order valence-corrected chi connectivity index (χ3v) is 2.92. The minimum atomic E-state index is -0.741. The van der Waals surface area contributed by atoms with Crippen molar-refractivity contribution in [3.05, 3.63) is 59.5 Å². The average Bonchev–Trinajstić information content (AvgIpc) is 2.88. The van der Waals surface area contributed by atoms with Crippen LogP contribution in [0.5, 0.6) is 11.6 Å². The molecule has 1 radical (unpaired) electrons. The van der Waals surface area contributed by atoms with Crippen molar-refractivity contribution in [1.82, 2.24) is 15.6 Å². The second-order valence-corrected chi connectivity index (χ2v) is 4.69. The second kappa shape index (κ2) is 6.97. The molecule has 2 aromatic rings. The highest BCUT2D eigenvalue weighted by Crippen LogP contribution is 2.28. The second-order valence-electron chi connectivity index (χ2n) is 4.25. The van der Waals surface area contributed by atoms with Gasteiger partial charge in [0.1, 0.15) is 11.9 Å². The van der Waals surface area contributed by atoms with Gasteiger partial charge >= 0.3 is 0 Å². The summed E-state index contributed by atoms with van der Waals surface area (Å²) in [4.78, 5) is 3.70. The fourth-order valence-corrected chi connectivity index (χ4v) is 1.90. The molecule has 6 nitrogen and oxygen atoms in total. The van der Waals surface area contributed by atoms with Gasteiger partial charge < -0.3 is 4.74 Å². The molecule has 0 atom stereocenters. The first kappa shape index (κ1) is 17.2. The zero-order valence-electron chi connectivity index (χ0n) is 11.3. The van der Waals surface area contributed by atoms with E-state index in [0.717, 1.165) is 17.3 Å². The lowest BCUT2D eigenvalue weighted by Crippen LogP contribution is -2.43. The molecule has 0 unspecified atom stereocenters. The van der Waals surface area contributed by atoms with E-state index in [1.807, 2.05) is 0 Å². The number of hydrogen-bond acceptors (Lipinski definition) is 6. The monoisotopic (exact) mass is 360 g/mol. The molecule has 1 aromatic heterocycles. The Labute approximate surface area is 141 Å². The Morgan fingerprint density at radius 3 is 2.65 bits per heavy atom. The van der Waals surface area contributed by atoms with Gasteiger partial charge in [0.05, 0.1) is 16.9 Å². The van der Waals surface area contributed by atoms with Crippen molar-refractivity contribution in [3.63, 3.8) is 0 Å². The lowest BCUT2D eigenvalue weighted by molar-refractivity contribution is 0.291. The molecule has 0 saturated carbocycles. The van der Waals surface area contributed by atoms with Crippen LogP contribution in [0, 0.1) is 17.8 Å². The van der Waals surface area contributed by atoms with Crippen LogP contribution in [0.4, 0.5) is 14.5 Å². The largest absolute Gasteiger partial charge is 0.436 e. The normalized spacial score (nSPS) is 13.2. The summed E-state index contributed by atoms with van der Waals surface area (Å²) in [6, 6.07) is 5.05. The first-order chi connectivity index (χ1) is 10.5. The molecule has 23 heavy (non-hydrogen) atoms. The van der Waals surface area contributed by atoms with Gasteiger partial charge in [-0.25, -0.2) is 24.7 Å². The van der Waals surface area contributed by atoms with Crippen molar-refractivity contribution in [2.45, 2.75) is 0 Å². The number of halogens is 4. The van der Waals surface area contributed by atoms with Crippen molar-refractivity contribution >= 4 is 29.7 Å². The number of aromatic nitrogens is 1. The van der Waals surface area contributed by atoms with Crippen molar-refractivity contribution in [2.24, 2.45) is 5.84 Å². The number of anilines is 1. The molecule has 3 N–H and O–H groups in total. The van der Waals surface area contributed by atoms with E-state index in [9.17, 15) is 8.78 Å². The molecule has 0 spiro atoms. The van der Waals surface area contributed by atoms with E-state index in [1.54, 1.807) is 0 Å². The maximum Gasteiger partial charge on any atom is 0.255 e. The van der Waals surface area contributed by atoms with Gasteiger partial charge in [-0.2, -0.15) is 0 Å². The highest BCUT2D eigenvalue weighted by atomic mass is 35.5. The highest BCUT2D eigenvalue weighted by Gasteiger charge is 2.16. The summed E-state index contributed by atoms with van der Waals surface area (Å²) >= 11 is 5.60. The van der Waals surface area contributed by atoms with Crippen molar-refractivity contribution < 1.29 is 13.5 Å². The van der Waals surface area contributed by atoms with Crippen molar-refractivity contribution in [2.75, 3.05) is 5.01 Å². The van der Waals surface area contributed by atoms with Crippen LogP contribution in [0.25, 0.3) is 0 Å². The molecular weight excluding hydrogens is 351 g/mol. The molecule has 3 rings (SSSR count). The standard InChI is InChI=1S/C13H9ClF2N5O.ClH/c14-8-5-11(16)13(18-7-8)22-9-1-2-12(10(15)6-9)20-3-4-21(17)19-20;/h1-3,5-7,19H,17H2;1H. The van der Waals surface area contributed by atoms with E-state index < -0.39 is 11.6 Å². The van der Waals surface area contributed by atoms with Gasteiger partial charge in [-0.1, -0.05) is 11.6 Å². The third kappa shape index (κ3) is 3.80. The van der Waals surface area contributed by atoms with E-state index >= 15 is 0 Å². The number of hydrazine groups is 3. The van der Waals surface area contributed by atoms with Gasteiger partial charge in [0.15, 0.2) is 11.6 Å². The van der Waals surface area contributed by atoms with Gasteiger partial charge in [-0.05, 0) is 18.2 Å². The number of nitrogens with zero attached hydrogens (tertiary/aromatic N) is 3. The summed E-state index contributed by atoms with van der Waals surface area (Å²) in [5, 5.41) is 2.50. The van der Waals surface area contributed by atoms with Crippen LogP contribution in [-0.4, -0.2) is 10.1 Å². The maximum absolute atomic E-state index is 14.1. The topological polar surface area (TPSA) is 66.7 Å². The molecule has 0 fully saturated rings. The summed E-state index contributed by atoms with van der Waals surface area (Å²) in [7, 11) is 0. The van der Waals surface area contributed by atoms with Crippen LogP contribution < -0.4 is 21.1 Å². The molecular formula is C13H10Cl2F2N5O. The number of pyridine rings is 1. The van der Waals surface area contributed by atoms with E-state index in [4.69, 9.17) is 22.2 Å². The lowest BCUT2D eigenvalue weighted by atomic mass is 10.3. The summed E-state index contributed by atoms with van der Waals surface area (Å²) in [6.07, 6.45) is 5.24. The molecule has 2 heterocycles. The van der Waals surface area contributed by atoms with Crippen molar-refractivity contribution in [1.29, 1.82) is 0 Å². The predicted octanol–water partition coefficient (Wildman–Crippen LogP) is 2.92. The van der Waals surface area contributed by atoms with Crippen LogP contribution in [0.3, 0.4) is 0 Å². The first-order valence-electron chi connectivity index (χ1n) is 6.01. The quantitative estimate of drug-likeness (QED) is 0.820. The Bertz CT molecular complexity index is 746. The SMILES string of the molecule is Cl.NN1[C]=CN(c2ccc(Oc3ncc(Cl)cc3F)cc2F)N1. The van der Waals surface area contributed by atoms with Crippen LogP contribution in [-0.2, 0) is 0 Å². The lowest BCUT2D eigenvalue weighted by Gasteiger charge is -2.19. The average molecular weight is 361 g/mol. The Kier molecular flexibility index (Phi) is 5.22. The number of ether oxygens (including phenoxy) is 1. The molecule has 10 heteroatoms. The van der Waals surface area contributed by atoms with Gasteiger partial charge in [-0.3, -0.25) is 5.01 Å². The predicted molar refractivity (Wildman–Crippen MR) is 82.4 cm³/mol. The minimum Gasteiger partial charge on any atom is -0.436 e. The Morgan fingerprint density at radius 1 is 1.26 bits per heavy atom. The summed E-state index contributed by atoms with van der Waals surface area (Å²) in [5.74, 6) is 3.85. The number of nitrogens with two attached hydrogens (primary N) is 1. The van der Waals surface area contributed by atoms with Crippen LogP contribution in [0.1, 0.15) is 0 Å². The third-order valence-electron chi connectivity index (χ3n) is 2.71. The van der Waals surface area contributed by atoms with Gasteiger partial charge in [0.25, 0.3) is 5.88 Å².